The minimum Gasteiger partial charge on any atom is -0.243 e. The van der Waals surface area contributed by atoms with Gasteiger partial charge in [-0.15, -0.1) is 10.2 Å². The van der Waals surface area contributed by atoms with Gasteiger partial charge in [-0.05, 0) is 69.4 Å². The van der Waals surface area contributed by atoms with Gasteiger partial charge in [-0.25, -0.2) is 4.94 Å². The molecule has 0 aliphatic rings. The molecule has 2 aromatic carbocycles. The molecule has 0 saturated heterocycles. The quantitative estimate of drug-likeness (QED) is 0.558. The molecule has 0 amide bonds. The molecule has 0 radical (unpaired) electrons. The third-order valence-electron chi connectivity index (χ3n) is 3.30. The van der Waals surface area contributed by atoms with Gasteiger partial charge in [0.1, 0.15) is 22.1 Å². The van der Waals surface area contributed by atoms with Gasteiger partial charge in [0.2, 0.25) is 0 Å². The molecule has 0 atom stereocenters. The number of hydrogen-bond acceptors (Lipinski definition) is 5. The molecule has 4 rings (SSSR count). The number of fused-ring (bicyclic) bond motifs is 2. The Kier molecular flexibility index (Phi) is 2.41. The molecule has 4 aromatic rings. The maximum atomic E-state index is 5.65. The molecule has 7 nitrogen and oxygen atoms in total. The SMILES string of the molecule is Cc1ccc2c(c1)nnn2On1nnc2cc(C)ccc21. The zero-order valence-corrected chi connectivity index (χ0v) is 11.6. The van der Waals surface area contributed by atoms with E-state index < -0.39 is 0 Å². The van der Waals surface area contributed by atoms with Crippen LogP contribution in [-0.2, 0) is 0 Å². The fourth-order valence-electron chi connectivity index (χ4n) is 2.22. The summed E-state index contributed by atoms with van der Waals surface area (Å²) < 4.78 is 0. The Morgan fingerprint density at radius 2 is 1.24 bits per heavy atom. The number of rotatable bonds is 2. The van der Waals surface area contributed by atoms with E-state index in [9.17, 15) is 0 Å². The highest BCUT2D eigenvalue weighted by atomic mass is 16.8. The standard InChI is InChI=1S/C14H12N6O/c1-9-3-5-13-11(7-9)15-17-19(13)21-20-14-6-4-10(2)8-12(14)16-18-20/h3-8H,1-2H3. The highest BCUT2D eigenvalue weighted by molar-refractivity contribution is 5.75. The van der Waals surface area contributed by atoms with E-state index in [4.69, 9.17) is 4.94 Å². The summed E-state index contributed by atoms with van der Waals surface area (Å²) in [6.45, 7) is 4.01. The Bertz CT molecular complexity index is 877. The van der Waals surface area contributed by atoms with Crippen LogP contribution in [0.15, 0.2) is 36.4 Å². The molecule has 0 aliphatic heterocycles. The summed E-state index contributed by atoms with van der Waals surface area (Å²) in [6.07, 6.45) is 0. The zero-order valence-electron chi connectivity index (χ0n) is 11.6. The Morgan fingerprint density at radius 1 is 0.762 bits per heavy atom. The van der Waals surface area contributed by atoms with Crippen molar-refractivity contribution >= 4 is 22.1 Å². The van der Waals surface area contributed by atoms with Gasteiger partial charge in [0.05, 0.1) is 0 Å². The summed E-state index contributed by atoms with van der Waals surface area (Å²) in [4.78, 5) is 8.32. The van der Waals surface area contributed by atoms with Crippen LogP contribution in [0.25, 0.3) is 22.1 Å². The maximum absolute atomic E-state index is 5.65. The fraction of sp³-hybridized carbons (Fsp3) is 0.143. The summed E-state index contributed by atoms with van der Waals surface area (Å²) in [5.74, 6) is 0. The van der Waals surface area contributed by atoms with Gasteiger partial charge in [-0.1, -0.05) is 12.1 Å². The van der Waals surface area contributed by atoms with Gasteiger partial charge in [0.15, 0.2) is 0 Å². The predicted molar refractivity (Wildman–Crippen MR) is 76.5 cm³/mol. The monoisotopic (exact) mass is 280 g/mol. The summed E-state index contributed by atoms with van der Waals surface area (Å²) in [7, 11) is 0. The van der Waals surface area contributed by atoms with Gasteiger partial charge in [-0.3, -0.25) is 0 Å². The molecule has 104 valence electrons. The molecular weight excluding hydrogens is 268 g/mol. The Balaban J connectivity index is 1.79. The number of aryl methyl sites for hydroxylation is 2. The van der Waals surface area contributed by atoms with Crippen molar-refractivity contribution in [3.05, 3.63) is 47.5 Å². The molecule has 0 N–H and O–H groups in total. The van der Waals surface area contributed by atoms with E-state index in [0.29, 0.717) is 0 Å². The third kappa shape index (κ3) is 1.90. The number of aromatic nitrogens is 6. The van der Waals surface area contributed by atoms with E-state index in [0.717, 1.165) is 33.2 Å². The molecule has 0 bridgehead atoms. The lowest BCUT2D eigenvalue weighted by Gasteiger charge is -2.03. The van der Waals surface area contributed by atoms with E-state index in [1.807, 2.05) is 50.2 Å². The number of benzene rings is 2. The van der Waals surface area contributed by atoms with E-state index in [1.54, 1.807) is 0 Å². The summed E-state index contributed by atoms with van der Waals surface area (Å²) in [6, 6.07) is 11.7. The first-order chi connectivity index (χ1) is 10.2. The minimum absolute atomic E-state index is 0.773. The topological polar surface area (TPSA) is 70.7 Å². The van der Waals surface area contributed by atoms with Crippen LogP contribution < -0.4 is 4.94 Å². The average molecular weight is 280 g/mol. The largest absolute Gasteiger partial charge is 0.243 e. The second kappa shape index (κ2) is 4.27. The molecule has 0 saturated carbocycles. The normalized spacial score (nSPS) is 11.3. The molecular formula is C14H12N6O. The first-order valence-corrected chi connectivity index (χ1v) is 6.54. The maximum Gasteiger partial charge on any atom is 0.134 e. The van der Waals surface area contributed by atoms with Crippen LogP contribution in [0.2, 0.25) is 0 Å². The van der Waals surface area contributed by atoms with Crippen LogP contribution >= 0.6 is 0 Å². The lowest BCUT2D eigenvalue weighted by molar-refractivity contribution is -0.000139. The molecule has 0 spiro atoms. The van der Waals surface area contributed by atoms with Crippen molar-refractivity contribution in [2.24, 2.45) is 0 Å². The lowest BCUT2D eigenvalue weighted by Crippen LogP contribution is -2.20. The average Bonchev–Trinajstić information content (AvgIpc) is 3.03. The van der Waals surface area contributed by atoms with Crippen LogP contribution in [0, 0.1) is 13.8 Å². The van der Waals surface area contributed by atoms with Gasteiger partial charge in [0, 0.05) is 0 Å². The minimum atomic E-state index is 0.773. The van der Waals surface area contributed by atoms with Crippen molar-refractivity contribution in [2.75, 3.05) is 0 Å². The fourth-order valence-corrected chi connectivity index (χ4v) is 2.22. The van der Waals surface area contributed by atoms with Crippen molar-refractivity contribution in [3.8, 4) is 0 Å². The van der Waals surface area contributed by atoms with Crippen molar-refractivity contribution in [2.45, 2.75) is 13.8 Å². The smallest absolute Gasteiger partial charge is 0.134 e. The summed E-state index contributed by atoms with van der Waals surface area (Å²) >= 11 is 0. The number of hydrogen-bond donors (Lipinski definition) is 0. The van der Waals surface area contributed by atoms with Crippen LogP contribution in [0.4, 0.5) is 0 Å². The summed E-state index contributed by atoms with van der Waals surface area (Å²) in [5, 5.41) is 16.1. The van der Waals surface area contributed by atoms with Crippen LogP contribution in [-0.4, -0.2) is 30.3 Å². The van der Waals surface area contributed by atoms with Crippen molar-refractivity contribution in [1.29, 1.82) is 0 Å². The van der Waals surface area contributed by atoms with Gasteiger partial charge >= 0.3 is 0 Å². The van der Waals surface area contributed by atoms with E-state index in [1.165, 1.54) is 9.69 Å². The molecule has 0 unspecified atom stereocenters. The molecule has 21 heavy (non-hydrogen) atoms. The highest BCUT2D eigenvalue weighted by Crippen LogP contribution is 2.14. The molecule has 7 heteroatoms. The second-order valence-corrected chi connectivity index (χ2v) is 4.99. The second-order valence-electron chi connectivity index (χ2n) is 4.99. The molecule has 2 heterocycles. The molecule has 0 fully saturated rings. The predicted octanol–water partition coefficient (Wildman–Crippen LogP) is 1.68. The zero-order chi connectivity index (χ0) is 14.4. The van der Waals surface area contributed by atoms with E-state index in [2.05, 4.69) is 20.6 Å². The molecule has 0 aliphatic carbocycles. The highest BCUT2D eigenvalue weighted by Gasteiger charge is 2.10. The van der Waals surface area contributed by atoms with E-state index in [-0.39, 0.29) is 0 Å². The third-order valence-corrected chi connectivity index (χ3v) is 3.30. The van der Waals surface area contributed by atoms with Crippen molar-refractivity contribution < 1.29 is 4.94 Å². The molecule has 2 aromatic heterocycles. The first kappa shape index (κ1) is 11.8. The van der Waals surface area contributed by atoms with Gasteiger partial charge in [-0.2, -0.15) is 0 Å². The lowest BCUT2D eigenvalue weighted by atomic mass is 10.2. The van der Waals surface area contributed by atoms with Gasteiger partial charge in [0.25, 0.3) is 0 Å². The number of nitrogens with zero attached hydrogens (tertiary/aromatic N) is 6. The van der Waals surface area contributed by atoms with Crippen LogP contribution in [0.5, 0.6) is 0 Å². The van der Waals surface area contributed by atoms with Crippen LogP contribution in [0.1, 0.15) is 11.1 Å². The van der Waals surface area contributed by atoms with Gasteiger partial charge < -0.3 is 0 Å². The Hall–Kier alpha value is -2.96. The summed E-state index contributed by atoms with van der Waals surface area (Å²) in [5.41, 5.74) is 5.34. The van der Waals surface area contributed by atoms with Crippen molar-refractivity contribution in [3.63, 3.8) is 0 Å². The van der Waals surface area contributed by atoms with Crippen molar-refractivity contribution in [1.82, 2.24) is 30.3 Å². The Morgan fingerprint density at radius 3 is 1.71 bits per heavy atom. The Labute approximate surface area is 119 Å². The van der Waals surface area contributed by atoms with Crippen LogP contribution in [0.3, 0.4) is 0 Å². The van der Waals surface area contributed by atoms with E-state index >= 15 is 0 Å². The first-order valence-electron chi connectivity index (χ1n) is 6.54.